The number of anilines is 1. The Hall–Kier alpha value is -1.62. The molecule has 114 valence electrons. The van der Waals surface area contributed by atoms with Crippen LogP contribution in [0.1, 0.15) is 54.2 Å². The number of fused-ring (bicyclic) bond motifs is 1. The highest BCUT2D eigenvalue weighted by molar-refractivity contribution is 5.93. The lowest BCUT2D eigenvalue weighted by atomic mass is 9.94. The zero-order valence-corrected chi connectivity index (χ0v) is 12.4. The molecule has 0 radical (unpaired) electrons. The summed E-state index contributed by atoms with van der Waals surface area (Å²) in [6.45, 7) is 2.82. The summed E-state index contributed by atoms with van der Waals surface area (Å²) >= 11 is 0. The standard InChI is InChI=1S/C16H22N2O3/c1-10(14-7-4-8-21-14)17-15-12(16(19)20)9-11-5-2-3-6-13(11)18-15/h9-10,14H,2-8H2,1H3,(H,17,18)(H,19,20). The van der Waals surface area contributed by atoms with E-state index in [0.29, 0.717) is 5.82 Å². The summed E-state index contributed by atoms with van der Waals surface area (Å²) in [4.78, 5) is 16.1. The van der Waals surface area contributed by atoms with E-state index in [1.54, 1.807) is 6.07 Å². The fourth-order valence-electron chi connectivity index (χ4n) is 3.21. The number of nitrogens with zero attached hydrogens (tertiary/aromatic N) is 1. The number of hydrogen-bond acceptors (Lipinski definition) is 4. The molecule has 0 amide bonds. The summed E-state index contributed by atoms with van der Waals surface area (Å²) in [5.74, 6) is -0.427. The van der Waals surface area contributed by atoms with Crippen molar-refractivity contribution in [1.82, 2.24) is 4.98 Å². The van der Waals surface area contributed by atoms with Crippen molar-refractivity contribution in [2.75, 3.05) is 11.9 Å². The summed E-state index contributed by atoms with van der Waals surface area (Å²) in [5.41, 5.74) is 2.42. The Morgan fingerprint density at radius 1 is 1.43 bits per heavy atom. The summed E-state index contributed by atoms with van der Waals surface area (Å²) in [6.07, 6.45) is 6.36. The zero-order chi connectivity index (χ0) is 14.8. The van der Waals surface area contributed by atoms with Gasteiger partial charge in [-0.1, -0.05) is 0 Å². The molecular weight excluding hydrogens is 268 g/mol. The van der Waals surface area contributed by atoms with Crippen LogP contribution in [-0.4, -0.2) is 34.8 Å². The van der Waals surface area contributed by atoms with Gasteiger partial charge >= 0.3 is 5.97 Å². The van der Waals surface area contributed by atoms with Gasteiger partial charge in [-0.05, 0) is 57.1 Å². The summed E-state index contributed by atoms with van der Waals surface area (Å²) in [6, 6.07) is 1.87. The van der Waals surface area contributed by atoms with Gasteiger partial charge in [0.2, 0.25) is 0 Å². The molecule has 1 aromatic rings. The molecule has 0 bridgehead atoms. The van der Waals surface area contributed by atoms with Crippen LogP contribution in [0.5, 0.6) is 0 Å². The number of hydrogen-bond donors (Lipinski definition) is 2. The Morgan fingerprint density at radius 3 is 2.95 bits per heavy atom. The number of aromatic carboxylic acids is 1. The van der Waals surface area contributed by atoms with Gasteiger partial charge in [0.15, 0.2) is 0 Å². The molecule has 5 nitrogen and oxygen atoms in total. The molecule has 1 aliphatic carbocycles. The number of aryl methyl sites for hydroxylation is 2. The van der Waals surface area contributed by atoms with Crippen LogP contribution >= 0.6 is 0 Å². The average molecular weight is 290 g/mol. The van der Waals surface area contributed by atoms with Gasteiger partial charge in [-0.2, -0.15) is 0 Å². The van der Waals surface area contributed by atoms with Crippen molar-refractivity contribution in [3.05, 3.63) is 22.9 Å². The number of carboxylic acids is 1. The Bertz CT molecular complexity index is 539. The molecule has 0 aromatic carbocycles. The third-order valence-electron chi connectivity index (χ3n) is 4.42. The van der Waals surface area contributed by atoms with Gasteiger partial charge in [0, 0.05) is 12.3 Å². The second-order valence-electron chi connectivity index (χ2n) is 5.99. The molecule has 2 atom stereocenters. The Kier molecular flexibility index (Phi) is 4.10. The molecule has 2 unspecified atom stereocenters. The number of rotatable bonds is 4. The number of carboxylic acid groups (broad SMARTS) is 1. The van der Waals surface area contributed by atoms with E-state index in [1.165, 1.54) is 0 Å². The minimum absolute atomic E-state index is 0.0692. The largest absolute Gasteiger partial charge is 0.478 e. The summed E-state index contributed by atoms with van der Waals surface area (Å²) < 4.78 is 5.66. The average Bonchev–Trinajstić information content (AvgIpc) is 3.00. The molecule has 0 saturated carbocycles. The highest BCUT2D eigenvalue weighted by Gasteiger charge is 2.25. The zero-order valence-electron chi connectivity index (χ0n) is 12.4. The highest BCUT2D eigenvalue weighted by atomic mass is 16.5. The predicted molar refractivity (Wildman–Crippen MR) is 79.9 cm³/mol. The van der Waals surface area contributed by atoms with Gasteiger partial charge in [0.25, 0.3) is 0 Å². The third-order valence-corrected chi connectivity index (χ3v) is 4.42. The molecule has 2 heterocycles. The quantitative estimate of drug-likeness (QED) is 0.892. The molecule has 1 saturated heterocycles. The van der Waals surface area contributed by atoms with Crippen LogP contribution in [0.15, 0.2) is 6.07 Å². The first-order valence-electron chi connectivity index (χ1n) is 7.79. The number of ether oxygens (including phenoxy) is 1. The molecule has 2 N–H and O–H groups in total. The van der Waals surface area contributed by atoms with Crippen molar-refractivity contribution in [1.29, 1.82) is 0 Å². The number of aromatic nitrogens is 1. The molecule has 21 heavy (non-hydrogen) atoms. The molecule has 2 aliphatic rings. The third kappa shape index (κ3) is 3.02. The van der Waals surface area contributed by atoms with E-state index in [2.05, 4.69) is 10.3 Å². The SMILES string of the molecule is CC(Nc1nc2c(cc1C(=O)O)CCCC2)C1CCCO1. The van der Waals surface area contributed by atoms with Crippen molar-refractivity contribution in [3.8, 4) is 0 Å². The van der Waals surface area contributed by atoms with Crippen LogP contribution < -0.4 is 5.32 Å². The van der Waals surface area contributed by atoms with Crippen molar-refractivity contribution in [3.63, 3.8) is 0 Å². The maximum absolute atomic E-state index is 11.5. The lowest BCUT2D eigenvalue weighted by Gasteiger charge is -2.23. The first-order chi connectivity index (χ1) is 10.1. The smallest absolute Gasteiger partial charge is 0.339 e. The van der Waals surface area contributed by atoms with Gasteiger partial charge in [0.1, 0.15) is 11.4 Å². The molecule has 1 aliphatic heterocycles. The topological polar surface area (TPSA) is 71.5 Å². The van der Waals surface area contributed by atoms with Crippen molar-refractivity contribution in [2.45, 2.75) is 57.6 Å². The van der Waals surface area contributed by atoms with Crippen LogP contribution in [0.25, 0.3) is 0 Å². The fourth-order valence-corrected chi connectivity index (χ4v) is 3.21. The van der Waals surface area contributed by atoms with Crippen LogP contribution in [0.3, 0.4) is 0 Å². The predicted octanol–water partition coefficient (Wildman–Crippen LogP) is 2.64. The Labute approximate surface area is 124 Å². The van der Waals surface area contributed by atoms with Gasteiger partial charge < -0.3 is 15.2 Å². The van der Waals surface area contributed by atoms with Crippen LogP contribution in [0, 0.1) is 0 Å². The number of nitrogens with one attached hydrogen (secondary N) is 1. The monoisotopic (exact) mass is 290 g/mol. The lowest BCUT2D eigenvalue weighted by Crippen LogP contribution is -2.31. The van der Waals surface area contributed by atoms with Crippen LogP contribution in [0.2, 0.25) is 0 Å². The Balaban J connectivity index is 1.86. The van der Waals surface area contributed by atoms with E-state index in [4.69, 9.17) is 4.74 Å². The molecule has 1 fully saturated rings. The van der Waals surface area contributed by atoms with E-state index >= 15 is 0 Å². The molecule has 1 aromatic heterocycles. The number of pyridine rings is 1. The molecule has 0 spiro atoms. The van der Waals surface area contributed by atoms with E-state index in [-0.39, 0.29) is 17.7 Å². The highest BCUT2D eigenvalue weighted by Crippen LogP contribution is 2.26. The normalized spacial score (nSPS) is 22.6. The maximum Gasteiger partial charge on any atom is 0.339 e. The van der Waals surface area contributed by atoms with Crippen molar-refractivity contribution in [2.24, 2.45) is 0 Å². The van der Waals surface area contributed by atoms with Crippen molar-refractivity contribution >= 4 is 11.8 Å². The van der Waals surface area contributed by atoms with Gasteiger partial charge in [-0.3, -0.25) is 0 Å². The lowest BCUT2D eigenvalue weighted by molar-refractivity contribution is 0.0696. The molecule has 3 rings (SSSR count). The molecular formula is C16H22N2O3. The number of carbonyl (C=O) groups is 1. The van der Waals surface area contributed by atoms with Gasteiger partial charge in [-0.15, -0.1) is 0 Å². The molecule has 5 heteroatoms. The minimum atomic E-state index is -0.919. The van der Waals surface area contributed by atoms with E-state index in [9.17, 15) is 9.90 Å². The Morgan fingerprint density at radius 2 is 2.24 bits per heavy atom. The van der Waals surface area contributed by atoms with Crippen LogP contribution in [-0.2, 0) is 17.6 Å². The fraction of sp³-hybridized carbons (Fsp3) is 0.625. The maximum atomic E-state index is 11.5. The van der Waals surface area contributed by atoms with Crippen molar-refractivity contribution < 1.29 is 14.6 Å². The van der Waals surface area contributed by atoms with E-state index in [1.807, 2.05) is 6.92 Å². The van der Waals surface area contributed by atoms with Crippen LogP contribution in [0.4, 0.5) is 5.82 Å². The second-order valence-corrected chi connectivity index (χ2v) is 5.99. The van der Waals surface area contributed by atoms with Gasteiger partial charge in [0.05, 0.1) is 12.1 Å². The minimum Gasteiger partial charge on any atom is -0.478 e. The van der Waals surface area contributed by atoms with Gasteiger partial charge in [-0.25, -0.2) is 9.78 Å². The summed E-state index contributed by atoms with van der Waals surface area (Å²) in [7, 11) is 0. The van der Waals surface area contributed by atoms with E-state index < -0.39 is 5.97 Å². The second kappa shape index (κ2) is 6.02. The summed E-state index contributed by atoms with van der Waals surface area (Å²) in [5, 5.41) is 12.7. The first kappa shape index (κ1) is 14.3. The van der Waals surface area contributed by atoms with E-state index in [0.717, 1.165) is 56.4 Å². The first-order valence-corrected chi connectivity index (χ1v) is 7.79.